The standard InChI is InChI=1S/C21H26FN3O/c1-21(2)11-18(24-20(26)14-6-3-4-7-14)17-13-23-25(19(17)12-21)16-9-5-8-15(22)10-16/h5,8-10,13-14,18H,3-4,6-7,11-12H2,1-2H3,(H,24,26). The van der Waals surface area contributed by atoms with Gasteiger partial charge in [-0.15, -0.1) is 0 Å². The molecule has 2 aromatic rings. The Kier molecular flexibility index (Phi) is 4.33. The first kappa shape index (κ1) is 17.3. The van der Waals surface area contributed by atoms with Crippen molar-refractivity contribution in [1.29, 1.82) is 0 Å². The molecule has 1 N–H and O–H groups in total. The van der Waals surface area contributed by atoms with E-state index in [2.05, 4.69) is 24.3 Å². The largest absolute Gasteiger partial charge is 0.349 e. The molecule has 0 saturated heterocycles. The molecule has 0 bridgehead atoms. The summed E-state index contributed by atoms with van der Waals surface area (Å²) in [6, 6.07) is 6.48. The van der Waals surface area contributed by atoms with E-state index in [0.29, 0.717) is 0 Å². The third-order valence-corrected chi connectivity index (χ3v) is 5.77. The van der Waals surface area contributed by atoms with Gasteiger partial charge in [-0.25, -0.2) is 9.07 Å². The minimum atomic E-state index is -0.270. The van der Waals surface area contributed by atoms with Gasteiger partial charge in [0.25, 0.3) is 0 Å². The van der Waals surface area contributed by atoms with E-state index in [4.69, 9.17) is 0 Å². The molecular weight excluding hydrogens is 329 g/mol. The van der Waals surface area contributed by atoms with Crippen LogP contribution in [0.1, 0.15) is 63.3 Å². The second-order valence-corrected chi connectivity index (χ2v) is 8.53. The molecule has 5 heteroatoms. The minimum Gasteiger partial charge on any atom is -0.349 e. The molecule has 1 aromatic heterocycles. The van der Waals surface area contributed by atoms with Crippen molar-refractivity contribution >= 4 is 5.91 Å². The Labute approximate surface area is 153 Å². The number of amides is 1. The highest BCUT2D eigenvalue weighted by atomic mass is 19.1. The smallest absolute Gasteiger partial charge is 0.223 e. The van der Waals surface area contributed by atoms with Crippen molar-refractivity contribution < 1.29 is 9.18 Å². The summed E-state index contributed by atoms with van der Waals surface area (Å²) in [5.41, 5.74) is 2.92. The van der Waals surface area contributed by atoms with Crippen molar-refractivity contribution in [2.24, 2.45) is 11.3 Å². The number of nitrogens with zero attached hydrogens (tertiary/aromatic N) is 2. The zero-order chi connectivity index (χ0) is 18.3. The summed E-state index contributed by atoms with van der Waals surface area (Å²) in [6.45, 7) is 4.43. The van der Waals surface area contributed by atoms with Gasteiger partial charge in [-0.2, -0.15) is 5.10 Å². The van der Waals surface area contributed by atoms with Crippen LogP contribution in [-0.4, -0.2) is 15.7 Å². The molecule has 26 heavy (non-hydrogen) atoms. The molecule has 1 heterocycles. The van der Waals surface area contributed by atoms with E-state index in [1.807, 2.05) is 16.9 Å². The third-order valence-electron chi connectivity index (χ3n) is 5.77. The number of carbonyl (C=O) groups excluding carboxylic acids is 1. The van der Waals surface area contributed by atoms with Gasteiger partial charge in [0.2, 0.25) is 5.91 Å². The first-order valence-electron chi connectivity index (χ1n) is 9.56. The first-order valence-corrected chi connectivity index (χ1v) is 9.56. The van der Waals surface area contributed by atoms with Gasteiger partial charge >= 0.3 is 0 Å². The maximum atomic E-state index is 13.7. The van der Waals surface area contributed by atoms with Gasteiger partial charge in [-0.3, -0.25) is 4.79 Å². The quantitative estimate of drug-likeness (QED) is 0.891. The Morgan fingerprint density at radius 2 is 2.08 bits per heavy atom. The van der Waals surface area contributed by atoms with Crippen LogP contribution in [0.25, 0.3) is 5.69 Å². The van der Waals surface area contributed by atoms with Crippen LogP contribution in [0.15, 0.2) is 30.5 Å². The molecule has 138 valence electrons. The van der Waals surface area contributed by atoms with E-state index >= 15 is 0 Å². The number of benzene rings is 1. The Bertz CT molecular complexity index is 820. The van der Waals surface area contributed by atoms with Gasteiger partial charge < -0.3 is 5.32 Å². The molecule has 1 saturated carbocycles. The summed E-state index contributed by atoms with van der Waals surface area (Å²) < 4.78 is 15.5. The second kappa shape index (κ2) is 6.53. The summed E-state index contributed by atoms with van der Waals surface area (Å²) in [5, 5.41) is 7.81. The number of nitrogens with one attached hydrogen (secondary N) is 1. The fourth-order valence-electron chi connectivity index (χ4n) is 4.48. The van der Waals surface area contributed by atoms with Gasteiger partial charge in [0.15, 0.2) is 0 Å². The molecule has 1 unspecified atom stereocenters. The van der Waals surface area contributed by atoms with Crippen LogP contribution in [0.5, 0.6) is 0 Å². The van der Waals surface area contributed by atoms with Crippen LogP contribution in [-0.2, 0) is 11.2 Å². The maximum Gasteiger partial charge on any atom is 0.223 e. The predicted molar refractivity (Wildman–Crippen MR) is 98.5 cm³/mol. The summed E-state index contributed by atoms with van der Waals surface area (Å²) in [4.78, 5) is 12.7. The topological polar surface area (TPSA) is 46.9 Å². The second-order valence-electron chi connectivity index (χ2n) is 8.53. The van der Waals surface area contributed by atoms with Crippen LogP contribution in [0.2, 0.25) is 0 Å². The van der Waals surface area contributed by atoms with Gasteiger partial charge in [-0.05, 0) is 49.3 Å². The molecule has 2 aliphatic rings. The Balaban J connectivity index is 1.66. The first-order chi connectivity index (χ1) is 12.4. The molecule has 1 fully saturated rings. The average Bonchev–Trinajstić information content (AvgIpc) is 3.23. The van der Waals surface area contributed by atoms with E-state index in [0.717, 1.165) is 55.5 Å². The number of hydrogen-bond donors (Lipinski definition) is 1. The predicted octanol–water partition coefficient (Wildman–Crippen LogP) is 4.33. The zero-order valence-corrected chi connectivity index (χ0v) is 15.5. The SMILES string of the molecule is CC1(C)Cc2c(cnn2-c2cccc(F)c2)C(NC(=O)C2CCCC2)C1. The van der Waals surface area contributed by atoms with Crippen LogP contribution in [0.4, 0.5) is 4.39 Å². The third kappa shape index (κ3) is 3.27. The lowest BCUT2D eigenvalue weighted by molar-refractivity contribution is -0.125. The number of rotatable bonds is 3. The number of aromatic nitrogens is 2. The molecule has 0 spiro atoms. The highest BCUT2D eigenvalue weighted by Crippen LogP contribution is 2.41. The minimum absolute atomic E-state index is 0.0239. The van der Waals surface area contributed by atoms with Crippen LogP contribution < -0.4 is 5.32 Å². The molecule has 1 amide bonds. The Morgan fingerprint density at radius 3 is 2.81 bits per heavy atom. The normalized spacial score (nSPS) is 22.2. The van der Waals surface area contributed by atoms with Crippen molar-refractivity contribution in [2.45, 2.75) is 58.4 Å². The monoisotopic (exact) mass is 355 g/mol. The van der Waals surface area contributed by atoms with E-state index in [1.165, 1.54) is 12.1 Å². The van der Waals surface area contributed by atoms with E-state index < -0.39 is 0 Å². The highest BCUT2D eigenvalue weighted by Gasteiger charge is 2.37. The Hall–Kier alpha value is -2.17. The lowest BCUT2D eigenvalue weighted by atomic mass is 9.74. The molecule has 2 aliphatic carbocycles. The lowest BCUT2D eigenvalue weighted by Gasteiger charge is -2.36. The summed E-state index contributed by atoms with van der Waals surface area (Å²) in [6.07, 6.45) is 7.89. The number of fused-ring (bicyclic) bond motifs is 1. The van der Waals surface area contributed by atoms with Gasteiger partial charge in [-0.1, -0.05) is 32.8 Å². The van der Waals surface area contributed by atoms with Crippen molar-refractivity contribution in [1.82, 2.24) is 15.1 Å². The van der Waals surface area contributed by atoms with E-state index in [-0.39, 0.29) is 29.1 Å². The summed E-state index contributed by atoms with van der Waals surface area (Å²) in [5.74, 6) is 0.0596. The molecule has 1 atom stereocenters. The van der Waals surface area contributed by atoms with Crippen molar-refractivity contribution in [3.8, 4) is 5.69 Å². The molecule has 4 nitrogen and oxygen atoms in total. The van der Waals surface area contributed by atoms with Crippen molar-refractivity contribution in [3.63, 3.8) is 0 Å². The molecule has 1 aromatic carbocycles. The van der Waals surface area contributed by atoms with Crippen molar-refractivity contribution in [2.75, 3.05) is 0 Å². The van der Waals surface area contributed by atoms with E-state index in [1.54, 1.807) is 6.07 Å². The van der Waals surface area contributed by atoms with Crippen LogP contribution >= 0.6 is 0 Å². The molecule has 0 radical (unpaired) electrons. The molecule has 0 aliphatic heterocycles. The lowest BCUT2D eigenvalue weighted by Crippen LogP contribution is -2.39. The van der Waals surface area contributed by atoms with Gasteiger partial charge in [0.05, 0.1) is 23.6 Å². The fourth-order valence-corrected chi connectivity index (χ4v) is 4.48. The molecule has 4 rings (SSSR count). The van der Waals surface area contributed by atoms with Gasteiger partial charge in [0, 0.05) is 11.5 Å². The van der Waals surface area contributed by atoms with Crippen molar-refractivity contribution in [3.05, 3.63) is 47.5 Å². The summed E-state index contributed by atoms with van der Waals surface area (Å²) >= 11 is 0. The average molecular weight is 355 g/mol. The number of hydrogen-bond acceptors (Lipinski definition) is 2. The highest BCUT2D eigenvalue weighted by molar-refractivity contribution is 5.79. The Morgan fingerprint density at radius 1 is 1.31 bits per heavy atom. The van der Waals surface area contributed by atoms with E-state index in [9.17, 15) is 9.18 Å². The van der Waals surface area contributed by atoms with Crippen LogP contribution in [0, 0.1) is 17.2 Å². The summed E-state index contributed by atoms with van der Waals surface area (Å²) in [7, 11) is 0. The zero-order valence-electron chi connectivity index (χ0n) is 15.5. The molecular formula is C21H26FN3O. The maximum absolute atomic E-state index is 13.7. The van der Waals surface area contributed by atoms with Gasteiger partial charge in [0.1, 0.15) is 5.82 Å². The van der Waals surface area contributed by atoms with Crippen LogP contribution in [0.3, 0.4) is 0 Å². The fraction of sp³-hybridized carbons (Fsp3) is 0.524. The number of carbonyl (C=O) groups is 1. The number of halogens is 1.